The van der Waals surface area contributed by atoms with Crippen LogP contribution in [0, 0.1) is 0 Å². The number of nitrogens with one attached hydrogen (secondary N) is 1. The van der Waals surface area contributed by atoms with Gasteiger partial charge in [-0.15, -0.1) is 0 Å². The lowest BCUT2D eigenvalue weighted by atomic mass is 10.1. The SMILES string of the molecule is CS(=O)(=O)Cc1ccc(C(=O)Nc2c(Cl)cc(Cl)cc2Cl)cc1. The molecule has 0 aromatic heterocycles. The summed E-state index contributed by atoms with van der Waals surface area (Å²) in [4.78, 5) is 12.2. The topological polar surface area (TPSA) is 63.2 Å². The van der Waals surface area contributed by atoms with Crippen LogP contribution in [0.2, 0.25) is 15.1 Å². The second-order valence-electron chi connectivity index (χ2n) is 4.97. The summed E-state index contributed by atoms with van der Waals surface area (Å²) in [5, 5.41) is 3.43. The Morgan fingerprint density at radius 1 is 1.04 bits per heavy atom. The largest absolute Gasteiger partial charge is 0.319 e. The highest BCUT2D eigenvalue weighted by molar-refractivity contribution is 7.89. The van der Waals surface area contributed by atoms with Gasteiger partial charge in [-0.2, -0.15) is 0 Å². The summed E-state index contributed by atoms with van der Waals surface area (Å²) in [6, 6.07) is 9.18. The molecule has 0 aliphatic carbocycles. The van der Waals surface area contributed by atoms with Crippen molar-refractivity contribution in [2.45, 2.75) is 5.75 Å². The average molecular weight is 393 g/mol. The summed E-state index contributed by atoms with van der Waals surface area (Å²) in [5.41, 5.74) is 1.22. The van der Waals surface area contributed by atoms with Gasteiger partial charge in [0.15, 0.2) is 9.84 Å². The van der Waals surface area contributed by atoms with E-state index in [1.54, 1.807) is 12.1 Å². The molecule has 0 fully saturated rings. The molecule has 23 heavy (non-hydrogen) atoms. The van der Waals surface area contributed by atoms with Gasteiger partial charge in [0.2, 0.25) is 0 Å². The van der Waals surface area contributed by atoms with Crippen LogP contribution in [0.5, 0.6) is 0 Å². The van der Waals surface area contributed by atoms with Crippen molar-refractivity contribution < 1.29 is 13.2 Å². The summed E-state index contributed by atoms with van der Waals surface area (Å²) in [7, 11) is -3.12. The molecule has 0 atom stereocenters. The van der Waals surface area contributed by atoms with E-state index in [9.17, 15) is 13.2 Å². The van der Waals surface area contributed by atoms with Gasteiger partial charge in [-0.1, -0.05) is 46.9 Å². The minimum Gasteiger partial charge on any atom is -0.319 e. The quantitative estimate of drug-likeness (QED) is 0.836. The molecule has 0 saturated heterocycles. The highest BCUT2D eigenvalue weighted by atomic mass is 35.5. The lowest BCUT2D eigenvalue weighted by Gasteiger charge is -2.10. The second-order valence-corrected chi connectivity index (χ2v) is 8.36. The van der Waals surface area contributed by atoms with E-state index >= 15 is 0 Å². The van der Waals surface area contributed by atoms with Crippen LogP contribution in [0.25, 0.3) is 0 Å². The van der Waals surface area contributed by atoms with E-state index < -0.39 is 15.7 Å². The first-order chi connectivity index (χ1) is 10.7. The first kappa shape index (κ1) is 18.1. The normalized spacial score (nSPS) is 11.3. The zero-order chi connectivity index (χ0) is 17.2. The summed E-state index contributed by atoms with van der Waals surface area (Å²) >= 11 is 17.8. The van der Waals surface area contributed by atoms with E-state index in [1.807, 2.05) is 0 Å². The van der Waals surface area contributed by atoms with Gasteiger partial charge >= 0.3 is 0 Å². The zero-order valence-corrected chi connectivity index (χ0v) is 15.0. The fourth-order valence-corrected chi connectivity index (χ4v) is 3.61. The molecule has 2 aromatic rings. The summed E-state index contributed by atoms with van der Waals surface area (Å²) in [6.45, 7) is 0. The molecule has 1 N–H and O–H groups in total. The second kappa shape index (κ2) is 7.09. The lowest BCUT2D eigenvalue weighted by molar-refractivity contribution is 0.102. The third kappa shape index (κ3) is 5.11. The fourth-order valence-electron chi connectivity index (χ4n) is 1.90. The van der Waals surface area contributed by atoms with Crippen molar-refractivity contribution in [1.29, 1.82) is 0 Å². The number of benzene rings is 2. The highest BCUT2D eigenvalue weighted by Crippen LogP contribution is 2.33. The van der Waals surface area contributed by atoms with Crippen molar-refractivity contribution in [1.82, 2.24) is 0 Å². The number of carbonyl (C=O) groups excluding carboxylic acids is 1. The van der Waals surface area contributed by atoms with Crippen LogP contribution >= 0.6 is 34.8 Å². The van der Waals surface area contributed by atoms with E-state index in [0.717, 1.165) is 6.26 Å². The van der Waals surface area contributed by atoms with Gasteiger partial charge in [0.25, 0.3) is 5.91 Å². The first-order valence-electron chi connectivity index (χ1n) is 6.38. The summed E-state index contributed by atoms with van der Waals surface area (Å²) in [6.07, 6.45) is 1.15. The van der Waals surface area contributed by atoms with Crippen LogP contribution < -0.4 is 5.32 Å². The molecule has 0 bridgehead atoms. The maximum atomic E-state index is 12.2. The first-order valence-corrected chi connectivity index (χ1v) is 9.58. The molecule has 8 heteroatoms. The van der Waals surface area contributed by atoms with E-state index in [4.69, 9.17) is 34.8 Å². The van der Waals surface area contributed by atoms with Gasteiger partial charge in [-0.3, -0.25) is 4.79 Å². The van der Waals surface area contributed by atoms with Gasteiger partial charge in [-0.25, -0.2) is 8.42 Å². The Morgan fingerprint density at radius 3 is 2.04 bits per heavy atom. The van der Waals surface area contributed by atoms with E-state index in [0.29, 0.717) is 16.1 Å². The molecule has 4 nitrogen and oxygen atoms in total. The number of amides is 1. The van der Waals surface area contributed by atoms with Crippen LogP contribution in [-0.4, -0.2) is 20.6 Å². The van der Waals surface area contributed by atoms with E-state index in [2.05, 4.69) is 5.32 Å². The van der Waals surface area contributed by atoms with Crippen LogP contribution in [0.1, 0.15) is 15.9 Å². The maximum Gasteiger partial charge on any atom is 0.255 e. The van der Waals surface area contributed by atoms with Gasteiger partial charge in [0, 0.05) is 16.8 Å². The van der Waals surface area contributed by atoms with Crippen molar-refractivity contribution in [2.24, 2.45) is 0 Å². The monoisotopic (exact) mass is 391 g/mol. The van der Waals surface area contributed by atoms with Gasteiger partial charge in [0.1, 0.15) is 0 Å². The Labute approximate surface area is 149 Å². The molecular formula is C15H12Cl3NO3S. The van der Waals surface area contributed by atoms with Crippen molar-refractivity contribution in [3.05, 3.63) is 62.6 Å². The smallest absolute Gasteiger partial charge is 0.255 e. The molecule has 0 aliphatic heterocycles. The zero-order valence-electron chi connectivity index (χ0n) is 11.9. The molecule has 2 aromatic carbocycles. The Morgan fingerprint density at radius 2 is 1.57 bits per heavy atom. The highest BCUT2D eigenvalue weighted by Gasteiger charge is 2.13. The molecular weight excluding hydrogens is 381 g/mol. The van der Waals surface area contributed by atoms with Gasteiger partial charge in [0.05, 0.1) is 21.5 Å². The van der Waals surface area contributed by atoms with E-state index in [-0.39, 0.29) is 21.5 Å². The number of rotatable bonds is 4. The summed E-state index contributed by atoms with van der Waals surface area (Å²) < 4.78 is 22.5. The third-order valence-corrected chi connectivity index (χ3v) is 4.56. The van der Waals surface area contributed by atoms with Crippen LogP contribution in [0.15, 0.2) is 36.4 Å². The third-order valence-electron chi connectivity index (χ3n) is 2.89. The summed E-state index contributed by atoms with van der Waals surface area (Å²) in [5.74, 6) is -0.494. The Hall–Kier alpha value is -1.27. The minimum absolute atomic E-state index is 0.0796. The Kier molecular flexibility index (Phi) is 5.57. The molecule has 0 saturated carbocycles. The van der Waals surface area contributed by atoms with Crippen molar-refractivity contribution in [3.63, 3.8) is 0 Å². The fraction of sp³-hybridized carbons (Fsp3) is 0.133. The van der Waals surface area contributed by atoms with Crippen molar-refractivity contribution in [3.8, 4) is 0 Å². The van der Waals surface area contributed by atoms with E-state index in [1.165, 1.54) is 24.3 Å². The number of hydrogen-bond acceptors (Lipinski definition) is 3. The number of halogens is 3. The standard InChI is InChI=1S/C15H12Cl3NO3S/c1-23(21,22)8-9-2-4-10(5-3-9)15(20)19-14-12(17)6-11(16)7-13(14)18/h2-7H,8H2,1H3,(H,19,20). The molecule has 2 rings (SSSR count). The molecule has 0 radical (unpaired) electrons. The van der Waals surface area contributed by atoms with Crippen molar-refractivity contribution >= 4 is 56.2 Å². The van der Waals surface area contributed by atoms with Crippen LogP contribution in [0.4, 0.5) is 5.69 Å². The maximum absolute atomic E-state index is 12.2. The van der Waals surface area contributed by atoms with Crippen molar-refractivity contribution in [2.75, 3.05) is 11.6 Å². The molecule has 122 valence electrons. The molecule has 0 aliphatic rings. The number of sulfone groups is 1. The average Bonchev–Trinajstić information content (AvgIpc) is 2.41. The minimum atomic E-state index is -3.12. The Bertz CT molecular complexity index is 826. The van der Waals surface area contributed by atoms with Gasteiger partial charge in [-0.05, 0) is 29.8 Å². The number of hydrogen-bond donors (Lipinski definition) is 1. The lowest BCUT2D eigenvalue weighted by Crippen LogP contribution is -2.13. The molecule has 0 heterocycles. The van der Waals surface area contributed by atoms with Gasteiger partial charge < -0.3 is 5.32 Å². The van der Waals surface area contributed by atoms with Crippen LogP contribution in [0.3, 0.4) is 0 Å². The molecule has 0 spiro atoms. The number of anilines is 1. The predicted molar refractivity (Wildman–Crippen MR) is 94.4 cm³/mol. The predicted octanol–water partition coefficient (Wildman–Crippen LogP) is 4.44. The van der Waals surface area contributed by atoms with Crippen LogP contribution in [-0.2, 0) is 15.6 Å². The molecule has 0 unspecified atom stereocenters. The molecule has 1 amide bonds. The number of carbonyl (C=O) groups is 1. The Balaban J connectivity index is 2.19.